The van der Waals surface area contributed by atoms with Crippen molar-refractivity contribution in [3.05, 3.63) is 10.4 Å². The molecule has 0 aromatic rings. The van der Waals surface area contributed by atoms with Crippen LogP contribution in [0.3, 0.4) is 0 Å². The molecule has 0 saturated carbocycles. The molecule has 0 radical (unpaired) electrons. The maximum Gasteiger partial charge on any atom is 0.312 e. The van der Waals surface area contributed by atoms with Crippen molar-refractivity contribution in [1.82, 2.24) is 5.01 Å². The molecule has 1 aliphatic rings. The van der Waals surface area contributed by atoms with E-state index in [2.05, 4.69) is 24.0 Å². The SMILES string of the molecule is CC1(C)CCCC(=O)N(N=[N+]=[N-])C1. The van der Waals surface area contributed by atoms with Crippen LogP contribution in [-0.4, -0.2) is 17.5 Å². The molecule has 1 fully saturated rings. The molecular formula is C8H14N4O. The summed E-state index contributed by atoms with van der Waals surface area (Å²) in [6.07, 6.45) is 2.36. The van der Waals surface area contributed by atoms with Crippen molar-refractivity contribution in [2.75, 3.05) is 6.54 Å². The third kappa shape index (κ3) is 2.63. The molecule has 1 saturated heterocycles. The van der Waals surface area contributed by atoms with Crippen LogP contribution in [0.25, 0.3) is 10.4 Å². The summed E-state index contributed by atoms with van der Waals surface area (Å²) in [5, 5.41) is 4.63. The fourth-order valence-electron chi connectivity index (χ4n) is 1.55. The topological polar surface area (TPSA) is 69.1 Å². The van der Waals surface area contributed by atoms with Crippen LogP contribution in [0.1, 0.15) is 33.1 Å². The molecule has 1 aliphatic heterocycles. The van der Waals surface area contributed by atoms with Crippen LogP contribution in [0, 0.1) is 5.41 Å². The average Bonchev–Trinajstić information content (AvgIpc) is 2.12. The number of hydrogen-bond donors (Lipinski definition) is 0. The summed E-state index contributed by atoms with van der Waals surface area (Å²) in [4.78, 5) is 14.0. The van der Waals surface area contributed by atoms with E-state index in [1.165, 1.54) is 5.01 Å². The largest absolute Gasteiger partial charge is 0.312 e. The highest BCUT2D eigenvalue weighted by Crippen LogP contribution is 2.28. The van der Waals surface area contributed by atoms with Gasteiger partial charge in [-0.05, 0) is 18.1 Å². The number of hydrogen-bond acceptors (Lipinski definition) is 2. The predicted molar refractivity (Wildman–Crippen MR) is 48.5 cm³/mol. The Bertz CT molecular complexity index is 255. The highest BCUT2D eigenvalue weighted by atomic mass is 16.2. The Morgan fingerprint density at radius 2 is 2.31 bits per heavy atom. The zero-order valence-corrected chi connectivity index (χ0v) is 8.03. The zero-order valence-electron chi connectivity index (χ0n) is 8.03. The molecule has 1 heterocycles. The molecule has 0 bridgehead atoms. The van der Waals surface area contributed by atoms with E-state index in [1.54, 1.807) is 0 Å². The first kappa shape index (κ1) is 9.86. The standard InChI is InChI=1S/C8H14N4O/c1-8(2)5-3-4-7(13)12(6-8)11-10-9/h3-6H2,1-2H3. The first-order valence-electron chi connectivity index (χ1n) is 4.40. The van der Waals surface area contributed by atoms with Gasteiger partial charge in [0.25, 0.3) is 0 Å². The van der Waals surface area contributed by atoms with Gasteiger partial charge in [0.05, 0.1) is 6.42 Å². The summed E-state index contributed by atoms with van der Waals surface area (Å²) in [5.74, 6) is -0.0663. The van der Waals surface area contributed by atoms with Gasteiger partial charge in [-0.1, -0.05) is 13.8 Å². The minimum absolute atomic E-state index is 0.0559. The monoisotopic (exact) mass is 182 g/mol. The van der Waals surface area contributed by atoms with Crippen LogP contribution in [0.4, 0.5) is 0 Å². The van der Waals surface area contributed by atoms with E-state index in [4.69, 9.17) is 5.53 Å². The number of rotatable bonds is 1. The Labute approximate surface area is 77.3 Å². The van der Waals surface area contributed by atoms with E-state index >= 15 is 0 Å². The lowest BCUT2D eigenvalue weighted by Gasteiger charge is -2.22. The lowest BCUT2D eigenvalue weighted by atomic mass is 9.88. The summed E-state index contributed by atoms with van der Waals surface area (Å²) in [6, 6.07) is 0. The molecule has 0 aliphatic carbocycles. The summed E-state index contributed by atoms with van der Waals surface area (Å²) < 4.78 is 0. The number of carbonyl (C=O) groups excluding carboxylic acids is 1. The second-order valence-corrected chi connectivity index (χ2v) is 4.15. The van der Waals surface area contributed by atoms with Crippen LogP contribution in [0.5, 0.6) is 0 Å². The molecule has 72 valence electrons. The first-order valence-corrected chi connectivity index (χ1v) is 4.40. The fourth-order valence-corrected chi connectivity index (χ4v) is 1.55. The molecule has 13 heavy (non-hydrogen) atoms. The van der Waals surface area contributed by atoms with E-state index < -0.39 is 0 Å². The van der Waals surface area contributed by atoms with Crippen molar-refractivity contribution in [2.45, 2.75) is 33.1 Å². The summed E-state index contributed by atoms with van der Waals surface area (Å²) in [6.45, 7) is 4.67. The number of nitrogens with zero attached hydrogens (tertiary/aromatic N) is 4. The van der Waals surface area contributed by atoms with Gasteiger partial charge in [-0.15, -0.1) is 5.53 Å². The Balaban J connectivity index is 2.78. The van der Waals surface area contributed by atoms with Gasteiger partial charge in [-0.2, -0.15) is 9.92 Å². The highest BCUT2D eigenvalue weighted by Gasteiger charge is 2.31. The summed E-state index contributed by atoms with van der Waals surface area (Å²) in [5.41, 5.74) is 8.32. The molecule has 0 atom stereocenters. The molecule has 0 N–H and O–H groups in total. The van der Waals surface area contributed by atoms with Crippen LogP contribution in [0.2, 0.25) is 0 Å². The normalized spacial score (nSPS) is 22.0. The second-order valence-electron chi connectivity index (χ2n) is 4.15. The van der Waals surface area contributed by atoms with Crippen molar-refractivity contribution in [3.63, 3.8) is 0 Å². The number of amides is 1. The van der Waals surface area contributed by atoms with Crippen LogP contribution in [0.15, 0.2) is 5.22 Å². The highest BCUT2D eigenvalue weighted by molar-refractivity contribution is 5.76. The second kappa shape index (κ2) is 3.66. The molecule has 1 rings (SSSR count). The van der Waals surface area contributed by atoms with Gasteiger partial charge in [-0.3, -0.25) is 0 Å². The molecular weight excluding hydrogens is 168 g/mol. The minimum atomic E-state index is -0.0663. The maximum absolute atomic E-state index is 11.4. The predicted octanol–water partition coefficient (Wildman–Crippen LogP) is 2.25. The van der Waals surface area contributed by atoms with Crippen LogP contribution < -0.4 is 0 Å². The molecule has 1 amide bonds. The lowest BCUT2D eigenvalue weighted by molar-refractivity contribution is -0.131. The van der Waals surface area contributed by atoms with Crippen molar-refractivity contribution in [1.29, 1.82) is 0 Å². The summed E-state index contributed by atoms with van der Waals surface area (Å²) in [7, 11) is 0. The Morgan fingerprint density at radius 3 is 2.92 bits per heavy atom. The summed E-state index contributed by atoms with van der Waals surface area (Å²) >= 11 is 0. The Morgan fingerprint density at radius 1 is 1.62 bits per heavy atom. The van der Waals surface area contributed by atoms with E-state index in [-0.39, 0.29) is 11.3 Å². The van der Waals surface area contributed by atoms with Crippen LogP contribution >= 0.6 is 0 Å². The molecule has 5 nitrogen and oxygen atoms in total. The molecule has 0 spiro atoms. The van der Waals surface area contributed by atoms with Gasteiger partial charge in [0.2, 0.25) is 0 Å². The molecule has 0 unspecified atom stereocenters. The van der Waals surface area contributed by atoms with Crippen molar-refractivity contribution < 1.29 is 4.79 Å². The van der Waals surface area contributed by atoms with E-state index in [0.717, 1.165) is 12.8 Å². The van der Waals surface area contributed by atoms with Crippen molar-refractivity contribution in [3.8, 4) is 0 Å². The Hall–Kier alpha value is -1.22. The molecule has 5 heteroatoms. The Kier molecular flexibility index (Phi) is 2.78. The smallest absolute Gasteiger partial charge is 0.246 e. The average molecular weight is 182 g/mol. The zero-order chi connectivity index (χ0) is 9.90. The number of azide groups is 1. The van der Waals surface area contributed by atoms with Gasteiger partial charge in [0.1, 0.15) is 6.54 Å². The van der Waals surface area contributed by atoms with Gasteiger partial charge < -0.3 is 0 Å². The van der Waals surface area contributed by atoms with Crippen molar-refractivity contribution >= 4 is 5.91 Å². The third-order valence-electron chi connectivity index (χ3n) is 2.26. The molecule has 0 aromatic heterocycles. The van der Waals surface area contributed by atoms with E-state index in [0.29, 0.717) is 13.0 Å². The number of carbonyl (C=O) groups is 1. The van der Waals surface area contributed by atoms with Crippen LogP contribution in [-0.2, 0) is 4.79 Å². The van der Waals surface area contributed by atoms with Gasteiger partial charge in [0.15, 0.2) is 0 Å². The lowest BCUT2D eigenvalue weighted by Crippen LogP contribution is -2.31. The quantitative estimate of drug-likeness (QED) is 0.348. The van der Waals surface area contributed by atoms with Gasteiger partial charge >= 0.3 is 5.91 Å². The molecule has 0 aromatic carbocycles. The minimum Gasteiger partial charge on any atom is -0.246 e. The maximum atomic E-state index is 11.4. The van der Waals surface area contributed by atoms with Gasteiger partial charge in [-0.25, -0.2) is 4.79 Å². The third-order valence-corrected chi connectivity index (χ3v) is 2.26. The van der Waals surface area contributed by atoms with Gasteiger partial charge in [0, 0.05) is 5.41 Å². The first-order chi connectivity index (χ1) is 6.05. The van der Waals surface area contributed by atoms with Crippen molar-refractivity contribution in [2.24, 2.45) is 10.6 Å². The van der Waals surface area contributed by atoms with E-state index in [1.807, 2.05) is 0 Å². The van der Waals surface area contributed by atoms with E-state index in [9.17, 15) is 4.79 Å². The fraction of sp³-hybridized carbons (Fsp3) is 0.875.